The number of rotatable bonds is 5. The highest BCUT2D eigenvalue weighted by Crippen LogP contribution is 2.31. The molecular weight excluding hydrogens is 204 g/mol. The van der Waals surface area contributed by atoms with Gasteiger partial charge in [-0.15, -0.1) is 0 Å². The SMILES string of the molecule is CN(CC1CCC1)C(CN)C1CCSC1. The number of hydrogen-bond acceptors (Lipinski definition) is 3. The molecule has 0 aromatic carbocycles. The summed E-state index contributed by atoms with van der Waals surface area (Å²) in [4.78, 5) is 2.54. The molecule has 3 heteroatoms. The molecule has 1 heterocycles. The fraction of sp³-hybridized carbons (Fsp3) is 1.00. The first-order chi connectivity index (χ1) is 7.31. The van der Waals surface area contributed by atoms with Crippen LogP contribution in [0.3, 0.4) is 0 Å². The third-order valence-corrected chi connectivity index (χ3v) is 5.28. The van der Waals surface area contributed by atoms with Gasteiger partial charge < -0.3 is 10.6 Å². The molecule has 1 saturated heterocycles. The van der Waals surface area contributed by atoms with Crippen LogP contribution >= 0.6 is 11.8 Å². The van der Waals surface area contributed by atoms with E-state index in [4.69, 9.17) is 5.73 Å². The summed E-state index contributed by atoms with van der Waals surface area (Å²) in [6.07, 6.45) is 5.72. The quantitative estimate of drug-likeness (QED) is 0.778. The van der Waals surface area contributed by atoms with Gasteiger partial charge in [0.1, 0.15) is 0 Å². The van der Waals surface area contributed by atoms with E-state index in [1.54, 1.807) is 0 Å². The van der Waals surface area contributed by atoms with E-state index < -0.39 is 0 Å². The summed E-state index contributed by atoms with van der Waals surface area (Å²) in [5, 5.41) is 0. The van der Waals surface area contributed by atoms with Gasteiger partial charge in [0.25, 0.3) is 0 Å². The van der Waals surface area contributed by atoms with Gasteiger partial charge >= 0.3 is 0 Å². The molecule has 15 heavy (non-hydrogen) atoms. The minimum Gasteiger partial charge on any atom is -0.329 e. The summed E-state index contributed by atoms with van der Waals surface area (Å²) in [6.45, 7) is 2.12. The van der Waals surface area contributed by atoms with E-state index in [1.807, 2.05) is 0 Å². The van der Waals surface area contributed by atoms with Crippen LogP contribution < -0.4 is 5.73 Å². The third kappa shape index (κ3) is 2.89. The summed E-state index contributed by atoms with van der Waals surface area (Å²) in [6, 6.07) is 0.639. The van der Waals surface area contributed by atoms with E-state index in [1.165, 1.54) is 43.7 Å². The van der Waals surface area contributed by atoms with Gasteiger partial charge in [-0.05, 0) is 49.7 Å². The lowest BCUT2D eigenvalue weighted by Crippen LogP contribution is -2.46. The number of likely N-dealkylation sites (N-methyl/N-ethyl adjacent to an activating group) is 1. The summed E-state index contributed by atoms with van der Waals surface area (Å²) in [5.74, 6) is 4.50. The van der Waals surface area contributed by atoms with Gasteiger partial charge in [-0.2, -0.15) is 11.8 Å². The second-order valence-electron chi connectivity index (χ2n) is 5.16. The molecule has 1 aliphatic carbocycles. The van der Waals surface area contributed by atoms with Crippen LogP contribution in [0.2, 0.25) is 0 Å². The minimum absolute atomic E-state index is 0.639. The first kappa shape index (κ1) is 11.7. The predicted octanol–water partition coefficient (Wildman–Crippen LogP) is 1.80. The Morgan fingerprint density at radius 2 is 2.20 bits per heavy atom. The van der Waals surface area contributed by atoms with Gasteiger partial charge in [0.15, 0.2) is 0 Å². The maximum atomic E-state index is 5.94. The van der Waals surface area contributed by atoms with Crippen molar-refractivity contribution >= 4 is 11.8 Å². The van der Waals surface area contributed by atoms with Gasteiger partial charge in [-0.3, -0.25) is 0 Å². The van der Waals surface area contributed by atoms with Gasteiger partial charge in [0, 0.05) is 19.1 Å². The zero-order valence-electron chi connectivity index (χ0n) is 9.82. The largest absolute Gasteiger partial charge is 0.329 e. The van der Waals surface area contributed by atoms with Crippen LogP contribution in [-0.2, 0) is 0 Å². The molecular formula is C12H24N2S. The van der Waals surface area contributed by atoms with Crippen molar-refractivity contribution < 1.29 is 0 Å². The first-order valence-corrected chi connectivity index (χ1v) is 7.44. The summed E-state index contributed by atoms with van der Waals surface area (Å²) < 4.78 is 0. The van der Waals surface area contributed by atoms with Crippen molar-refractivity contribution in [1.82, 2.24) is 4.90 Å². The van der Waals surface area contributed by atoms with Gasteiger partial charge in [-0.1, -0.05) is 6.42 Å². The Morgan fingerprint density at radius 3 is 2.67 bits per heavy atom. The third-order valence-electron chi connectivity index (χ3n) is 4.09. The highest BCUT2D eigenvalue weighted by Gasteiger charge is 2.29. The van der Waals surface area contributed by atoms with Crippen LogP contribution in [0.25, 0.3) is 0 Å². The van der Waals surface area contributed by atoms with Gasteiger partial charge in [-0.25, -0.2) is 0 Å². The van der Waals surface area contributed by atoms with Crippen LogP contribution in [0.15, 0.2) is 0 Å². The van der Waals surface area contributed by atoms with E-state index >= 15 is 0 Å². The zero-order valence-corrected chi connectivity index (χ0v) is 10.6. The molecule has 0 aromatic rings. The second kappa shape index (κ2) is 5.55. The molecule has 88 valence electrons. The lowest BCUT2D eigenvalue weighted by Gasteiger charge is -2.36. The van der Waals surface area contributed by atoms with E-state index in [0.29, 0.717) is 6.04 Å². The molecule has 1 aliphatic heterocycles. The van der Waals surface area contributed by atoms with E-state index in [-0.39, 0.29) is 0 Å². The molecule has 0 aromatic heterocycles. The Morgan fingerprint density at radius 1 is 1.40 bits per heavy atom. The first-order valence-electron chi connectivity index (χ1n) is 6.29. The Hall–Kier alpha value is 0.270. The molecule has 0 amide bonds. The lowest BCUT2D eigenvalue weighted by atomic mass is 9.84. The predicted molar refractivity (Wildman–Crippen MR) is 68.2 cm³/mol. The van der Waals surface area contributed by atoms with Crippen LogP contribution in [0.5, 0.6) is 0 Å². The highest BCUT2D eigenvalue weighted by atomic mass is 32.2. The van der Waals surface area contributed by atoms with E-state index in [0.717, 1.165) is 18.4 Å². The maximum absolute atomic E-state index is 5.94. The minimum atomic E-state index is 0.639. The average Bonchev–Trinajstić information content (AvgIpc) is 2.66. The number of nitrogens with zero attached hydrogens (tertiary/aromatic N) is 1. The average molecular weight is 228 g/mol. The molecule has 1 saturated carbocycles. The standard InChI is InChI=1S/C12H24N2S/c1-14(8-10-3-2-4-10)12(7-13)11-5-6-15-9-11/h10-12H,2-9,13H2,1H3. The maximum Gasteiger partial charge on any atom is 0.0251 e. The van der Waals surface area contributed by atoms with E-state index in [9.17, 15) is 0 Å². The smallest absolute Gasteiger partial charge is 0.0251 e. The normalized spacial score (nSPS) is 29.4. The summed E-state index contributed by atoms with van der Waals surface area (Å²) in [5.41, 5.74) is 5.94. The molecule has 2 N–H and O–H groups in total. The molecule has 0 spiro atoms. The lowest BCUT2D eigenvalue weighted by molar-refractivity contribution is 0.134. The zero-order chi connectivity index (χ0) is 10.7. The molecule has 2 fully saturated rings. The van der Waals surface area contributed by atoms with Gasteiger partial charge in [0.2, 0.25) is 0 Å². The monoisotopic (exact) mass is 228 g/mol. The fourth-order valence-corrected chi connectivity index (χ4v) is 4.13. The van der Waals surface area contributed by atoms with Crippen LogP contribution in [0, 0.1) is 11.8 Å². The van der Waals surface area contributed by atoms with Crippen LogP contribution in [0.4, 0.5) is 0 Å². The number of nitrogens with two attached hydrogens (primary N) is 1. The molecule has 2 aliphatic rings. The van der Waals surface area contributed by atoms with Crippen molar-refractivity contribution in [2.75, 3.05) is 31.6 Å². The van der Waals surface area contributed by atoms with Crippen molar-refractivity contribution in [2.45, 2.75) is 31.7 Å². The van der Waals surface area contributed by atoms with Crippen molar-refractivity contribution in [1.29, 1.82) is 0 Å². The Kier molecular flexibility index (Phi) is 4.35. The molecule has 2 atom stereocenters. The Bertz CT molecular complexity index is 188. The Labute approximate surface area is 98.0 Å². The van der Waals surface area contributed by atoms with Crippen molar-refractivity contribution in [2.24, 2.45) is 17.6 Å². The topological polar surface area (TPSA) is 29.3 Å². The van der Waals surface area contributed by atoms with E-state index in [2.05, 4.69) is 23.7 Å². The van der Waals surface area contributed by atoms with Gasteiger partial charge in [0.05, 0.1) is 0 Å². The summed E-state index contributed by atoms with van der Waals surface area (Å²) in [7, 11) is 2.28. The molecule has 2 unspecified atom stereocenters. The van der Waals surface area contributed by atoms with Crippen molar-refractivity contribution in [3.8, 4) is 0 Å². The molecule has 2 rings (SSSR count). The molecule has 0 bridgehead atoms. The summed E-state index contributed by atoms with van der Waals surface area (Å²) >= 11 is 2.10. The van der Waals surface area contributed by atoms with Crippen molar-refractivity contribution in [3.05, 3.63) is 0 Å². The molecule has 2 nitrogen and oxygen atoms in total. The number of thioether (sulfide) groups is 1. The number of hydrogen-bond donors (Lipinski definition) is 1. The van der Waals surface area contributed by atoms with Crippen LogP contribution in [-0.4, -0.2) is 42.6 Å². The fourth-order valence-electron chi connectivity index (χ4n) is 2.81. The molecule has 0 radical (unpaired) electrons. The van der Waals surface area contributed by atoms with Crippen molar-refractivity contribution in [3.63, 3.8) is 0 Å². The Balaban J connectivity index is 1.80. The second-order valence-corrected chi connectivity index (χ2v) is 6.31. The highest BCUT2D eigenvalue weighted by molar-refractivity contribution is 7.99. The van der Waals surface area contributed by atoms with Crippen LogP contribution in [0.1, 0.15) is 25.7 Å².